The molecule has 2 atom stereocenters. The number of unbranched alkanes of at least 4 members (excludes halogenated alkanes) is 28. The first-order valence-electron chi connectivity index (χ1n) is 26.7. The van der Waals surface area contributed by atoms with Crippen LogP contribution in [0.1, 0.15) is 259 Å². The first-order valence-corrected chi connectivity index (χ1v) is 26.7. The van der Waals surface area contributed by atoms with Crippen molar-refractivity contribution in [3.63, 3.8) is 0 Å². The first-order chi connectivity index (χ1) is 30.1. The molecule has 0 spiro atoms. The van der Waals surface area contributed by atoms with Gasteiger partial charge in [0.25, 0.3) is 0 Å². The van der Waals surface area contributed by atoms with Crippen molar-refractivity contribution in [1.29, 1.82) is 0 Å². The molecule has 61 heavy (non-hydrogen) atoms. The molecular formula is C54H106O7. The van der Waals surface area contributed by atoms with Gasteiger partial charge in [-0.05, 0) is 89.2 Å². The summed E-state index contributed by atoms with van der Waals surface area (Å²) in [7, 11) is 3.38. The van der Waals surface area contributed by atoms with Crippen LogP contribution in [-0.4, -0.2) is 65.8 Å². The largest absolute Gasteiger partial charge is 0.353 e. The summed E-state index contributed by atoms with van der Waals surface area (Å²) in [5, 5.41) is 0. The second-order valence-electron chi connectivity index (χ2n) is 17.6. The molecule has 0 saturated heterocycles. The summed E-state index contributed by atoms with van der Waals surface area (Å²) in [4.78, 5) is 0. The van der Waals surface area contributed by atoms with Crippen LogP contribution in [0, 0.1) is 0 Å². The van der Waals surface area contributed by atoms with E-state index in [2.05, 4.69) is 39.8 Å². The van der Waals surface area contributed by atoms with E-state index in [0.717, 1.165) is 103 Å². The van der Waals surface area contributed by atoms with Crippen LogP contribution in [0.2, 0.25) is 0 Å². The average Bonchev–Trinajstić information content (AvgIpc) is 3.27. The molecule has 0 amide bonds. The highest BCUT2D eigenvalue weighted by atomic mass is 16.8. The van der Waals surface area contributed by atoms with E-state index in [4.69, 9.17) is 33.2 Å². The van der Waals surface area contributed by atoms with Crippen molar-refractivity contribution in [2.24, 2.45) is 0 Å². The molecule has 0 N–H and O–H groups in total. The molecule has 0 bridgehead atoms. The lowest BCUT2D eigenvalue weighted by atomic mass is 10.1. The smallest absolute Gasteiger partial charge is 0.179 e. The number of ether oxygens (including phenoxy) is 7. The second kappa shape index (κ2) is 51.8. The maximum Gasteiger partial charge on any atom is 0.179 e. The Labute approximate surface area is 380 Å². The Kier molecular flexibility index (Phi) is 51.2. The second-order valence-corrected chi connectivity index (χ2v) is 17.6. The Morgan fingerprint density at radius 1 is 0.311 bits per heavy atom. The van der Waals surface area contributed by atoms with Gasteiger partial charge in [-0.2, -0.15) is 0 Å². The van der Waals surface area contributed by atoms with Crippen molar-refractivity contribution in [3.8, 4) is 0 Å². The van der Waals surface area contributed by atoms with Gasteiger partial charge in [0, 0.05) is 40.6 Å². The molecule has 0 aliphatic carbocycles. The molecule has 0 aromatic carbocycles. The molecule has 7 heteroatoms. The Morgan fingerprint density at radius 2 is 0.574 bits per heavy atom. The number of hydrogen-bond acceptors (Lipinski definition) is 7. The molecule has 0 rings (SSSR count). The van der Waals surface area contributed by atoms with E-state index in [1.807, 2.05) is 12.2 Å². The summed E-state index contributed by atoms with van der Waals surface area (Å²) in [6.45, 7) is 12.4. The van der Waals surface area contributed by atoms with Gasteiger partial charge >= 0.3 is 0 Å². The fourth-order valence-electron chi connectivity index (χ4n) is 7.58. The minimum absolute atomic E-state index is 0.0452. The van der Waals surface area contributed by atoms with Crippen molar-refractivity contribution in [2.45, 2.75) is 284 Å². The maximum absolute atomic E-state index is 6.24. The average molecular weight is 867 g/mol. The topological polar surface area (TPSA) is 64.6 Å². The van der Waals surface area contributed by atoms with Gasteiger partial charge in [0.05, 0.1) is 0 Å². The van der Waals surface area contributed by atoms with E-state index in [9.17, 15) is 0 Å². The predicted octanol–water partition coefficient (Wildman–Crippen LogP) is 16.9. The van der Waals surface area contributed by atoms with Crippen LogP contribution < -0.4 is 0 Å². The lowest BCUT2D eigenvalue weighted by Gasteiger charge is -2.19. The Bertz CT molecular complexity index is 762. The number of hydrogen-bond donors (Lipinski definition) is 0. The third-order valence-electron chi connectivity index (χ3n) is 11.6. The standard InChI is InChI=1S/C54H106O7/c1-7-11-15-19-31-39-47-57-53(58-48-40-32-20-16-12-8-2)45-37-29-25-23-27-35-43-51(55-5)61-52(56-6)44-36-28-24-26-30-38-46-54(59-49-41-33-21-17-13-9-3)60-50-42-34-22-18-14-10-4/h35-36,43-44,51-54H,7-34,37-42,45-50H2,1-6H3. The highest BCUT2D eigenvalue weighted by Crippen LogP contribution is 2.17. The van der Waals surface area contributed by atoms with Gasteiger partial charge in [-0.25, -0.2) is 0 Å². The highest BCUT2D eigenvalue weighted by molar-refractivity contribution is 4.89. The fourth-order valence-corrected chi connectivity index (χ4v) is 7.58. The zero-order valence-electron chi connectivity index (χ0n) is 41.8. The normalized spacial score (nSPS) is 13.2. The summed E-state index contributed by atoms with van der Waals surface area (Å²) in [6.07, 6.45) is 51.8. The number of rotatable bonds is 52. The first kappa shape index (κ1) is 60.2. The van der Waals surface area contributed by atoms with Gasteiger partial charge < -0.3 is 33.2 Å². The molecule has 0 saturated carbocycles. The summed E-state index contributed by atoms with van der Waals surface area (Å²) < 4.78 is 42.2. The molecule has 0 heterocycles. The predicted molar refractivity (Wildman–Crippen MR) is 261 cm³/mol. The molecule has 0 radical (unpaired) electrons. The monoisotopic (exact) mass is 867 g/mol. The van der Waals surface area contributed by atoms with Crippen LogP contribution in [0.4, 0.5) is 0 Å². The van der Waals surface area contributed by atoms with Crippen LogP contribution in [0.3, 0.4) is 0 Å². The van der Waals surface area contributed by atoms with Crippen LogP contribution in [0.25, 0.3) is 0 Å². The van der Waals surface area contributed by atoms with Crippen LogP contribution >= 0.6 is 0 Å². The van der Waals surface area contributed by atoms with Crippen molar-refractivity contribution in [1.82, 2.24) is 0 Å². The third kappa shape index (κ3) is 45.6. The van der Waals surface area contributed by atoms with E-state index in [-0.39, 0.29) is 12.6 Å². The van der Waals surface area contributed by atoms with Crippen LogP contribution in [0.15, 0.2) is 24.3 Å². The van der Waals surface area contributed by atoms with E-state index in [1.54, 1.807) is 14.2 Å². The number of allylic oxidation sites excluding steroid dienone is 2. The summed E-state index contributed by atoms with van der Waals surface area (Å²) in [6, 6.07) is 0. The third-order valence-corrected chi connectivity index (χ3v) is 11.6. The summed E-state index contributed by atoms with van der Waals surface area (Å²) in [5.41, 5.74) is 0. The molecule has 0 aliphatic heterocycles. The summed E-state index contributed by atoms with van der Waals surface area (Å²) >= 11 is 0. The van der Waals surface area contributed by atoms with Crippen molar-refractivity contribution in [2.75, 3.05) is 40.6 Å². The van der Waals surface area contributed by atoms with Gasteiger partial charge in [0.15, 0.2) is 25.2 Å². The maximum atomic E-state index is 6.24. The zero-order chi connectivity index (χ0) is 44.4. The van der Waals surface area contributed by atoms with Crippen molar-refractivity contribution in [3.05, 3.63) is 24.3 Å². The fraction of sp³-hybridized carbons (Fsp3) is 0.926. The molecule has 364 valence electrons. The van der Waals surface area contributed by atoms with Gasteiger partial charge in [-0.3, -0.25) is 0 Å². The summed E-state index contributed by atoms with van der Waals surface area (Å²) in [5.74, 6) is 0. The lowest BCUT2D eigenvalue weighted by molar-refractivity contribution is -0.188. The molecular weight excluding hydrogens is 761 g/mol. The van der Waals surface area contributed by atoms with Gasteiger partial charge in [0.1, 0.15) is 0 Å². The number of methoxy groups -OCH3 is 2. The Balaban J connectivity index is 4.36. The van der Waals surface area contributed by atoms with E-state index in [0.29, 0.717) is 0 Å². The Morgan fingerprint density at radius 3 is 0.869 bits per heavy atom. The minimum Gasteiger partial charge on any atom is -0.353 e. The van der Waals surface area contributed by atoms with Gasteiger partial charge in [0.2, 0.25) is 0 Å². The van der Waals surface area contributed by atoms with Crippen LogP contribution in [0.5, 0.6) is 0 Å². The van der Waals surface area contributed by atoms with Crippen LogP contribution in [-0.2, 0) is 33.2 Å². The molecule has 0 aromatic rings. The van der Waals surface area contributed by atoms with E-state index >= 15 is 0 Å². The van der Waals surface area contributed by atoms with E-state index < -0.39 is 12.6 Å². The molecule has 7 nitrogen and oxygen atoms in total. The zero-order valence-corrected chi connectivity index (χ0v) is 41.8. The Hall–Kier alpha value is -0.800. The molecule has 2 unspecified atom stereocenters. The lowest BCUT2D eigenvalue weighted by Crippen LogP contribution is -2.22. The van der Waals surface area contributed by atoms with Crippen molar-refractivity contribution < 1.29 is 33.2 Å². The molecule has 0 fully saturated rings. The van der Waals surface area contributed by atoms with Gasteiger partial charge in [-0.15, -0.1) is 0 Å². The van der Waals surface area contributed by atoms with Gasteiger partial charge in [-0.1, -0.05) is 194 Å². The molecule has 0 aliphatic rings. The SMILES string of the molecule is CCCCCCCCOC(CCCCCCC=CC(OC)OC(C=CCCCCCCC(OCCCCCCCC)OCCCCCCCC)OC)OCCCCCCCC. The minimum atomic E-state index is -0.428. The quantitative estimate of drug-likeness (QED) is 0.0343. The van der Waals surface area contributed by atoms with Crippen molar-refractivity contribution >= 4 is 0 Å². The van der Waals surface area contributed by atoms with E-state index in [1.165, 1.54) is 154 Å². The highest BCUT2D eigenvalue weighted by Gasteiger charge is 2.12. The molecule has 0 aromatic heterocycles.